The van der Waals surface area contributed by atoms with Crippen molar-refractivity contribution < 1.29 is 38.4 Å². The van der Waals surface area contributed by atoms with Crippen LogP contribution < -0.4 is 0 Å². The number of hydrogen-bond acceptors (Lipinski definition) is 8. The largest absolute Gasteiger partial charge is 0.463 e. The highest BCUT2D eigenvalue weighted by Crippen LogP contribution is 2.38. The molecule has 0 aromatic heterocycles. The quantitative estimate of drug-likeness (QED) is 0.422. The second-order valence-corrected chi connectivity index (χ2v) is 5.31. The zero-order valence-corrected chi connectivity index (χ0v) is 12.7. The van der Waals surface area contributed by atoms with Crippen molar-refractivity contribution >= 4 is 33.8 Å². The summed E-state index contributed by atoms with van der Waals surface area (Å²) in [6.45, 7) is 3.21. The molecule has 0 unspecified atom stereocenters. The van der Waals surface area contributed by atoms with Crippen molar-refractivity contribution in [2.75, 3.05) is 6.61 Å². The topological polar surface area (TPSA) is 108 Å². The number of carbonyl (C=O) groups excluding carboxylic acids is 3. The third-order valence-corrected chi connectivity index (χ3v) is 3.02. The van der Waals surface area contributed by atoms with Gasteiger partial charge < -0.3 is 24.1 Å². The lowest BCUT2D eigenvalue weighted by atomic mass is 10.1. The van der Waals surface area contributed by atoms with Crippen LogP contribution in [0.3, 0.4) is 0 Å². The van der Waals surface area contributed by atoms with E-state index in [0.717, 1.165) is 13.8 Å². The van der Waals surface area contributed by atoms with Gasteiger partial charge in [0, 0.05) is 20.8 Å². The minimum absolute atomic E-state index is 0.265. The summed E-state index contributed by atoms with van der Waals surface area (Å²) in [5, 5.41) is 10.0. The highest BCUT2D eigenvalue weighted by Gasteiger charge is 2.57. The standard InChI is InChI=1S/C11H15BrO8/c1-5(13)17-4-8-9(18-6(2)14)10(19-7(3)15)11(12,16)20-8/h8-10,16H,4H2,1-3H3/t8-,9-,10-,11+/m1/s1. The van der Waals surface area contributed by atoms with Crippen LogP contribution in [0, 0.1) is 0 Å². The van der Waals surface area contributed by atoms with Gasteiger partial charge in [-0.3, -0.25) is 14.4 Å². The molecule has 4 atom stereocenters. The van der Waals surface area contributed by atoms with E-state index in [9.17, 15) is 19.5 Å². The maximum Gasteiger partial charge on any atom is 0.303 e. The summed E-state index contributed by atoms with van der Waals surface area (Å²) < 4.78 is 17.8. The van der Waals surface area contributed by atoms with E-state index in [1.807, 2.05) is 0 Å². The van der Waals surface area contributed by atoms with Crippen molar-refractivity contribution in [2.45, 2.75) is 43.8 Å². The summed E-state index contributed by atoms with van der Waals surface area (Å²) in [7, 11) is 0. The van der Waals surface area contributed by atoms with Crippen molar-refractivity contribution in [1.82, 2.24) is 0 Å². The van der Waals surface area contributed by atoms with E-state index in [1.54, 1.807) is 0 Å². The summed E-state index contributed by atoms with van der Waals surface area (Å²) in [6, 6.07) is 0. The van der Waals surface area contributed by atoms with Gasteiger partial charge in [0.2, 0.25) is 6.10 Å². The number of ether oxygens (including phenoxy) is 4. The number of rotatable bonds is 4. The Kier molecular flexibility index (Phi) is 5.49. The Bertz CT molecular complexity index is 407. The molecular formula is C11H15BrO8. The molecule has 1 aliphatic heterocycles. The first-order chi connectivity index (χ1) is 9.13. The lowest BCUT2D eigenvalue weighted by Gasteiger charge is -2.24. The minimum Gasteiger partial charge on any atom is -0.463 e. The SMILES string of the molecule is CC(=O)OC[C@H]1O[C@](O)(Br)[C@H](OC(C)=O)[C@@H]1OC(C)=O. The van der Waals surface area contributed by atoms with Gasteiger partial charge in [-0.15, -0.1) is 0 Å². The predicted octanol–water partition coefficient (Wildman–Crippen LogP) is -0.147. The van der Waals surface area contributed by atoms with Crippen molar-refractivity contribution in [2.24, 2.45) is 0 Å². The first-order valence-corrected chi connectivity index (χ1v) is 6.49. The fraction of sp³-hybridized carbons (Fsp3) is 0.727. The third kappa shape index (κ3) is 4.43. The van der Waals surface area contributed by atoms with Crippen LogP contribution in [-0.4, -0.2) is 52.6 Å². The first-order valence-electron chi connectivity index (χ1n) is 5.70. The molecule has 0 aromatic rings. The van der Waals surface area contributed by atoms with Crippen LogP contribution in [0.25, 0.3) is 0 Å². The Morgan fingerprint density at radius 2 is 1.70 bits per heavy atom. The molecule has 20 heavy (non-hydrogen) atoms. The molecule has 0 saturated carbocycles. The molecule has 0 aliphatic carbocycles. The molecule has 0 aromatic carbocycles. The van der Waals surface area contributed by atoms with Crippen LogP contribution in [0.1, 0.15) is 20.8 Å². The van der Waals surface area contributed by atoms with E-state index in [2.05, 4.69) is 15.9 Å². The number of esters is 3. The fourth-order valence-corrected chi connectivity index (χ4v) is 2.31. The van der Waals surface area contributed by atoms with Crippen LogP contribution in [0.5, 0.6) is 0 Å². The zero-order valence-electron chi connectivity index (χ0n) is 11.1. The van der Waals surface area contributed by atoms with Crippen LogP contribution >= 0.6 is 15.9 Å². The molecule has 114 valence electrons. The minimum atomic E-state index is -2.04. The molecule has 8 nitrogen and oxygen atoms in total. The summed E-state index contributed by atoms with van der Waals surface area (Å²) in [4.78, 5) is 33.0. The molecule has 0 radical (unpaired) electrons. The molecular weight excluding hydrogens is 340 g/mol. The Morgan fingerprint density at radius 1 is 1.15 bits per heavy atom. The van der Waals surface area contributed by atoms with E-state index in [-0.39, 0.29) is 6.61 Å². The summed E-state index contributed by atoms with van der Waals surface area (Å²) in [5.74, 6) is -1.92. The van der Waals surface area contributed by atoms with Gasteiger partial charge in [0.15, 0.2) is 6.10 Å². The van der Waals surface area contributed by atoms with Gasteiger partial charge in [-0.05, 0) is 15.9 Å². The van der Waals surface area contributed by atoms with Crippen molar-refractivity contribution in [1.29, 1.82) is 0 Å². The van der Waals surface area contributed by atoms with Gasteiger partial charge >= 0.3 is 17.9 Å². The van der Waals surface area contributed by atoms with Gasteiger partial charge in [0.05, 0.1) is 0 Å². The monoisotopic (exact) mass is 354 g/mol. The zero-order chi connectivity index (χ0) is 15.5. The molecule has 1 aliphatic rings. The highest BCUT2D eigenvalue weighted by atomic mass is 79.9. The van der Waals surface area contributed by atoms with Crippen LogP contribution in [0.4, 0.5) is 0 Å². The second kappa shape index (κ2) is 6.51. The Balaban J connectivity index is 2.90. The third-order valence-electron chi connectivity index (χ3n) is 2.38. The van der Waals surface area contributed by atoms with Crippen molar-refractivity contribution in [3.63, 3.8) is 0 Å². The van der Waals surface area contributed by atoms with Crippen molar-refractivity contribution in [3.05, 3.63) is 0 Å². The number of hydrogen-bond donors (Lipinski definition) is 1. The van der Waals surface area contributed by atoms with Crippen LogP contribution in [-0.2, 0) is 33.3 Å². The van der Waals surface area contributed by atoms with E-state index in [0.29, 0.717) is 0 Å². The van der Waals surface area contributed by atoms with Crippen LogP contribution in [0.2, 0.25) is 0 Å². The molecule has 0 spiro atoms. The molecule has 1 fully saturated rings. The van der Waals surface area contributed by atoms with Gasteiger partial charge in [-0.1, -0.05) is 0 Å². The Labute approximate surface area is 123 Å². The molecule has 1 N–H and O–H groups in total. The molecule has 9 heteroatoms. The van der Waals surface area contributed by atoms with Gasteiger partial charge in [0.25, 0.3) is 4.70 Å². The molecule has 1 heterocycles. The molecule has 0 amide bonds. The van der Waals surface area contributed by atoms with Gasteiger partial charge in [0.1, 0.15) is 12.7 Å². The maximum absolute atomic E-state index is 11.1. The Hall–Kier alpha value is -1.19. The van der Waals surface area contributed by atoms with Crippen molar-refractivity contribution in [3.8, 4) is 0 Å². The van der Waals surface area contributed by atoms with E-state index in [4.69, 9.17) is 18.9 Å². The lowest BCUT2D eigenvalue weighted by Crippen LogP contribution is -2.44. The molecule has 0 bridgehead atoms. The average Bonchev–Trinajstić information content (AvgIpc) is 2.48. The second-order valence-electron chi connectivity index (χ2n) is 4.17. The number of alkyl halides is 1. The molecule has 1 saturated heterocycles. The lowest BCUT2D eigenvalue weighted by molar-refractivity contribution is -0.184. The number of carbonyl (C=O) groups is 3. The molecule has 1 rings (SSSR count). The summed E-state index contributed by atoms with van der Waals surface area (Å²) in [5.41, 5.74) is 0. The highest BCUT2D eigenvalue weighted by molar-refractivity contribution is 9.10. The smallest absolute Gasteiger partial charge is 0.303 e. The van der Waals surface area contributed by atoms with Crippen LogP contribution in [0.15, 0.2) is 0 Å². The maximum atomic E-state index is 11.1. The Morgan fingerprint density at radius 3 is 2.15 bits per heavy atom. The first kappa shape index (κ1) is 16.9. The summed E-state index contributed by atoms with van der Waals surface area (Å²) >= 11 is 2.84. The van der Waals surface area contributed by atoms with E-state index in [1.165, 1.54) is 6.92 Å². The van der Waals surface area contributed by atoms with Gasteiger partial charge in [-0.25, -0.2) is 0 Å². The van der Waals surface area contributed by atoms with Gasteiger partial charge in [-0.2, -0.15) is 0 Å². The predicted molar refractivity (Wildman–Crippen MR) is 66.5 cm³/mol. The van der Waals surface area contributed by atoms with E-state index >= 15 is 0 Å². The number of halogens is 1. The normalized spacial score (nSPS) is 32.5. The average molecular weight is 355 g/mol. The fourth-order valence-electron chi connectivity index (χ4n) is 1.72. The number of aliphatic hydroxyl groups is 1. The summed E-state index contributed by atoms with van der Waals surface area (Å²) in [6.07, 6.45) is -3.37. The van der Waals surface area contributed by atoms with E-state index < -0.39 is 40.9 Å².